The van der Waals surface area contributed by atoms with E-state index >= 15 is 0 Å². The van der Waals surface area contributed by atoms with Crippen molar-refractivity contribution >= 4 is 34.0 Å². The summed E-state index contributed by atoms with van der Waals surface area (Å²) in [4.78, 5) is 21.6. The fourth-order valence-corrected chi connectivity index (χ4v) is 4.20. The Balaban J connectivity index is 0.000000364. The molecule has 2 aromatic heterocycles. The number of aromatic nitrogens is 2. The predicted molar refractivity (Wildman–Crippen MR) is 126 cm³/mol. The molecule has 0 saturated heterocycles. The van der Waals surface area contributed by atoms with Crippen LogP contribution in [0.3, 0.4) is 0 Å². The first-order valence-electron chi connectivity index (χ1n) is 10.5. The molecule has 0 fully saturated rings. The lowest BCUT2D eigenvalue weighted by molar-refractivity contribution is -0.192. The molecule has 0 unspecified atom stereocenters. The van der Waals surface area contributed by atoms with Gasteiger partial charge in [0.25, 0.3) is 0 Å². The third kappa shape index (κ3) is 5.62. The number of halogens is 3. The molecule has 182 valence electrons. The van der Waals surface area contributed by atoms with Crippen LogP contribution >= 0.6 is 11.3 Å². The van der Waals surface area contributed by atoms with Crippen molar-refractivity contribution in [3.8, 4) is 22.6 Å². The summed E-state index contributed by atoms with van der Waals surface area (Å²) in [6.45, 7) is 4.15. The molecule has 0 spiro atoms. The van der Waals surface area contributed by atoms with E-state index in [1.165, 1.54) is 4.88 Å². The number of ether oxygens (including phenoxy) is 2. The van der Waals surface area contributed by atoms with Crippen molar-refractivity contribution in [3.63, 3.8) is 0 Å². The lowest BCUT2D eigenvalue weighted by atomic mass is 10.0. The van der Waals surface area contributed by atoms with Crippen LogP contribution in [0.25, 0.3) is 22.0 Å². The summed E-state index contributed by atoms with van der Waals surface area (Å²) in [5.41, 5.74) is 3.13. The fraction of sp³-hybridized carbons (Fsp3) is 0.208. The van der Waals surface area contributed by atoms with E-state index in [0.29, 0.717) is 0 Å². The van der Waals surface area contributed by atoms with E-state index in [-0.39, 0.29) is 6.79 Å². The van der Waals surface area contributed by atoms with Gasteiger partial charge in [-0.25, -0.2) is 14.8 Å². The first-order valence-corrected chi connectivity index (χ1v) is 11.4. The molecule has 0 aliphatic carbocycles. The summed E-state index contributed by atoms with van der Waals surface area (Å²) < 4.78 is 42.7. The lowest BCUT2D eigenvalue weighted by Crippen LogP contribution is -2.23. The van der Waals surface area contributed by atoms with E-state index < -0.39 is 12.1 Å². The highest BCUT2D eigenvalue weighted by molar-refractivity contribution is 7.09. The van der Waals surface area contributed by atoms with Crippen LogP contribution < -0.4 is 14.4 Å². The highest BCUT2D eigenvalue weighted by Crippen LogP contribution is 2.37. The molecule has 2 aromatic carbocycles. The van der Waals surface area contributed by atoms with Crippen LogP contribution in [0.5, 0.6) is 11.5 Å². The highest BCUT2D eigenvalue weighted by Gasteiger charge is 2.38. The maximum atomic E-state index is 10.6. The number of carboxylic acids is 1. The minimum Gasteiger partial charge on any atom is -0.475 e. The van der Waals surface area contributed by atoms with Crippen LogP contribution in [-0.4, -0.2) is 40.6 Å². The van der Waals surface area contributed by atoms with E-state index in [1.807, 2.05) is 12.1 Å². The number of carbonyl (C=O) groups is 1. The summed E-state index contributed by atoms with van der Waals surface area (Å²) in [6.07, 6.45) is -3.44. The topological polar surface area (TPSA) is 84.8 Å². The molecule has 1 aliphatic heterocycles. The fourth-order valence-electron chi connectivity index (χ4n) is 3.48. The largest absolute Gasteiger partial charge is 0.490 e. The summed E-state index contributed by atoms with van der Waals surface area (Å²) in [5.74, 6) is -0.215. The minimum atomic E-state index is -5.08. The maximum Gasteiger partial charge on any atom is 0.490 e. The SMILES string of the molecule is CCN(Cc1cccs1)c1ncnc2ccc(-c3ccc4c(c3)OCO4)cc12.O=C(O)C(F)(F)F. The number of hydrogen-bond donors (Lipinski definition) is 1. The molecule has 5 rings (SSSR count). The summed E-state index contributed by atoms with van der Waals surface area (Å²) in [6, 6.07) is 16.6. The average Bonchev–Trinajstić information content (AvgIpc) is 3.53. The van der Waals surface area contributed by atoms with Gasteiger partial charge in [-0.05, 0) is 53.8 Å². The number of aliphatic carboxylic acids is 1. The standard InChI is InChI=1S/C22H19N3O2S.C2HF3O2/c1-2-25(12-17-4-3-9-28-17)22-18-10-15(5-7-19(18)23-13-24-22)16-6-8-20-21(11-16)27-14-26-20;3-2(4,5)1(6)7/h3-11,13H,2,12,14H2,1H3;(H,6,7). The van der Waals surface area contributed by atoms with Crippen LogP contribution in [0.15, 0.2) is 60.2 Å². The second-order valence-electron chi connectivity index (χ2n) is 7.39. The van der Waals surface area contributed by atoms with Crippen molar-refractivity contribution in [2.75, 3.05) is 18.2 Å². The van der Waals surface area contributed by atoms with Crippen LogP contribution in [-0.2, 0) is 11.3 Å². The maximum absolute atomic E-state index is 10.6. The third-order valence-electron chi connectivity index (χ3n) is 5.17. The quantitative estimate of drug-likeness (QED) is 0.371. The number of rotatable bonds is 5. The molecule has 1 N–H and O–H groups in total. The number of alkyl halides is 3. The Labute approximate surface area is 202 Å². The van der Waals surface area contributed by atoms with Gasteiger partial charge in [0.15, 0.2) is 11.5 Å². The second-order valence-corrected chi connectivity index (χ2v) is 8.43. The van der Waals surface area contributed by atoms with E-state index in [2.05, 4.69) is 63.6 Å². The Kier molecular flexibility index (Phi) is 7.06. The van der Waals surface area contributed by atoms with Crippen molar-refractivity contribution in [1.82, 2.24) is 9.97 Å². The minimum absolute atomic E-state index is 0.280. The highest BCUT2D eigenvalue weighted by atomic mass is 32.1. The molecule has 7 nitrogen and oxygen atoms in total. The molecule has 3 heterocycles. The van der Waals surface area contributed by atoms with Gasteiger partial charge in [-0.1, -0.05) is 18.2 Å². The monoisotopic (exact) mass is 503 g/mol. The Morgan fingerprint density at radius 3 is 2.49 bits per heavy atom. The molecule has 35 heavy (non-hydrogen) atoms. The molecule has 0 radical (unpaired) electrons. The molecular weight excluding hydrogens is 483 g/mol. The molecular formula is C24H20F3N3O4S. The zero-order chi connectivity index (χ0) is 25.0. The molecule has 0 atom stereocenters. The first-order chi connectivity index (χ1) is 16.8. The normalized spacial score (nSPS) is 12.2. The van der Waals surface area contributed by atoms with Crippen molar-refractivity contribution in [3.05, 3.63) is 65.1 Å². The van der Waals surface area contributed by atoms with Crippen LogP contribution in [0, 0.1) is 0 Å². The average molecular weight is 504 g/mol. The number of fused-ring (bicyclic) bond motifs is 2. The summed E-state index contributed by atoms with van der Waals surface area (Å²) in [5, 5.41) is 10.3. The number of hydrogen-bond acceptors (Lipinski definition) is 7. The Bertz CT molecular complexity index is 1330. The van der Waals surface area contributed by atoms with Crippen molar-refractivity contribution < 1.29 is 32.5 Å². The van der Waals surface area contributed by atoms with Crippen molar-refractivity contribution in [1.29, 1.82) is 0 Å². The smallest absolute Gasteiger partial charge is 0.475 e. The van der Waals surface area contributed by atoms with Gasteiger partial charge in [0.05, 0.1) is 12.1 Å². The second kappa shape index (κ2) is 10.2. The summed E-state index contributed by atoms with van der Waals surface area (Å²) in [7, 11) is 0. The first kappa shape index (κ1) is 24.3. The third-order valence-corrected chi connectivity index (χ3v) is 6.03. The van der Waals surface area contributed by atoms with Crippen LogP contribution in [0.1, 0.15) is 11.8 Å². The molecule has 0 amide bonds. The Morgan fingerprint density at radius 2 is 1.80 bits per heavy atom. The van der Waals surface area contributed by atoms with Gasteiger partial charge in [-0.15, -0.1) is 11.3 Å². The van der Waals surface area contributed by atoms with Gasteiger partial charge in [0, 0.05) is 16.8 Å². The van der Waals surface area contributed by atoms with Crippen LogP contribution in [0.4, 0.5) is 19.0 Å². The van der Waals surface area contributed by atoms with Gasteiger partial charge < -0.3 is 19.5 Å². The molecule has 11 heteroatoms. The Morgan fingerprint density at radius 1 is 1.09 bits per heavy atom. The Hall–Kier alpha value is -3.86. The van der Waals surface area contributed by atoms with E-state index in [4.69, 9.17) is 19.4 Å². The van der Waals surface area contributed by atoms with Gasteiger partial charge in [0.1, 0.15) is 12.1 Å². The number of benzene rings is 2. The van der Waals surface area contributed by atoms with E-state index in [0.717, 1.165) is 52.4 Å². The zero-order valence-corrected chi connectivity index (χ0v) is 19.3. The molecule has 1 aliphatic rings. The number of anilines is 1. The zero-order valence-electron chi connectivity index (χ0n) is 18.5. The molecule has 0 saturated carbocycles. The summed E-state index contributed by atoms with van der Waals surface area (Å²) >= 11 is 1.77. The molecule has 0 bridgehead atoms. The van der Waals surface area contributed by atoms with Gasteiger partial charge in [-0.3, -0.25) is 0 Å². The van der Waals surface area contributed by atoms with Gasteiger partial charge in [0.2, 0.25) is 6.79 Å². The van der Waals surface area contributed by atoms with Crippen molar-refractivity contribution in [2.24, 2.45) is 0 Å². The van der Waals surface area contributed by atoms with E-state index in [9.17, 15) is 13.2 Å². The number of nitrogens with zero attached hydrogens (tertiary/aromatic N) is 3. The van der Waals surface area contributed by atoms with Crippen molar-refractivity contribution in [2.45, 2.75) is 19.6 Å². The van der Waals surface area contributed by atoms with Gasteiger partial charge >= 0.3 is 12.1 Å². The predicted octanol–water partition coefficient (Wildman–Crippen LogP) is 5.75. The van der Waals surface area contributed by atoms with Gasteiger partial charge in [-0.2, -0.15) is 13.2 Å². The van der Waals surface area contributed by atoms with E-state index in [1.54, 1.807) is 17.7 Å². The van der Waals surface area contributed by atoms with Crippen LogP contribution in [0.2, 0.25) is 0 Å². The number of thiophene rings is 1. The number of carboxylic acid groups (broad SMARTS) is 1. The molecule has 4 aromatic rings. The lowest BCUT2D eigenvalue weighted by Gasteiger charge is -2.22.